The van der Waals surface area contributed by atoms with Gasteiger partial charge >= 0.3 is 0 Å². The monoisotopic (exact) mass is 252 g/mol. The second-order valence-electron chi connectivity index (χ2n) is 3.93. The molecule has 0 aromatic carbocycles. The quantitative estimate of drug-likeness (QED) is 0.448. The molecule has 0 bridgehead atoms. The number of pyridine rings is 1. The highest BCUT2D eigenvalue weighted by atomic mass is 19.1. The summed E-state index contributed by atoms with van der Waals surface area (Å²) in [6.07, 6.45) is 2.39. The van der Waals surface area contributed by atoms with Gasteiger partial charge in [-0.2, -0.15) is 4.39 Å². The molecule has 0 radical (unpaired) electrons. The van der Waals surface area contributed by atoms with Crippen LogP contribution in [0.15, 0.2) is 18.3 Å². The van der Waals surface area contributed by atoms with Crippen molar-refractivity contribution in [2.45, 2.75) is 19.3 Å². The highest BCUT2D eigenvalue weighted by molar-refractivity contribution is 6.01. The molecule has 0 aliphatic carbocycles. The van der Waals surface area contributed by atoms with Gasteiger partial charge in [-0.15, -0.1) is 0 Å². The van der Waals surface area contributed by atoms with Gasteiger partial charge in [0.1, 0.15) is 0 Å². The Hall–Kier alpha value is -1.98. The molecule has 0 atom stereocenters. The fourth-order valence-electron chi connectivity index (χ4n) is 1.76. The van der Waals surface area contributed by atoms with Crippen LogP contribution in [0.3, 0.4) is 0 Å². The van der Waals surface area contributed by atoms with Crippen LogP contribution in [0.5, 0.6) is 5.75 Å². The Kier molecular flexibility index (Phi) is 3.86. The van der Waals surface area contributed by atoms with Crippen molar-refractivity contribution in [1.29, 1.82) is 0 Å². The number of imide groups is 1. The third-order valence-electron chi connectivity index (χ3n) is 2.66. The molecule has 18 heavy (non-hydrogen) atoms. The molecule has 1 aromatic heterocycles. The molecule has 6 heteroatoms. The lowest BCUT2D eigenvalue weighted by molar-refractivity contribution is -0.138. The first-order valence-corrected chi connectivity index (χ1v) is 5.75. The third-order valence-corrected chi connectivity index (χ3v) is 2.66. The van der Waals surface area contributed by atoms with Crippen molar-refractivity contribution >= 4 is 11.8 Å². The molecule has 1 aliphatic heterocycles. The molecule has 1 fully saturated rings. The summed E-state index contributed by atoms with van der Waals surface area (Å²) in [6.45, 7) is 0.555. The van der Waals surface area contributed by atoms with E-state index >= 15 is 0 Å². The van der Waals surface area contributed by atoms with E-state index in [0.29, 0.717) is 13.0 Å². The summed E-state index contributed by atoms with van der Waals surface area (Å²) in [5.74, 6) is -0.873. The summed E-state index contributed by atoms with van der Waals surface area (Å²) in [5.41, 5.74) is 0. The van der Waals surface area contributed by atoms with Gasteiger partial charge in [0.25, 0.3) is 5.95 Å². The number of carbonyl (C=O) groups is 2. The number of likely N-dealkylation sites (tertiary alicyclic amines) is 1. The highest BCUT2D eigenvalue weighted by Crippen LogP contribution is 2.14. The number of rotatable bonds is 5. The Labute approximate surface area is 104 Å². The molecule has 1 aromatic rings. The number of halogens is 1. The molecule has 2 heterocycles. The van der Waals surface area contributed by atoms with Crippen LogP contribution in [0.1, 0.15) is 19.3 Å². The van der Waals surface area contributed by atoms with E-state index in [4.69, 9.17) is 4.74 Å². The van der Waals surface area contributed by atoms with Crippen molar-refractivity contribution in [3.05, 3.63) is 24.3 Å². The van der Waals surface area contributed by atoms with Gasteiger partial charge in [0.2, 0.25) is 11.8 Å². The van der Waals surface area contributed by atoms with E-state index in [2.05, 4.69) is 4.98 Å². The molecule has 1 aliphatic rings. The molecule has 1 saturated heterocycles. The third kappa shape index (κ3) is 2.82. The van der Waals surface area contributed by atoms with E-state index in [1.807, 2.05) is 0 Å². The molecule has 0 spiro atoms. The van der Waals surface area contributed by atoms with Crippen LogP contribution in [0, 0.1) is 5.95 Å². The molecule has 0 N–H and O–H groups in total. The zero-order chi connectivity index (χ0) is 13.0. The Morgan fingerprint density at radius 2 is 2.06 bits per heavy atom. The maximum Gasteiger partial charge on any atom is 0.255 e. The lowest BCUT2D eigenvalue weighted by atomic mass is 10.4. The number of nitrogens with zero attached hydrogens (tertiary/aromatic N) is 2. The molecule has 5 nitrogen and oxygen atoms in total. The number of hydrogen-bond donors (Lipinski definition) is 0. The van der Waals surface area contributed by atoms with E-state index in [1.165, 1.54) is 17.2 Å². The van der Waals surface area contributed by atoms with Crippen molar-refractivity contribution in [2.24, 2.45) is 0 Å². The van der Waals surface area contributed by atoms with E-state index in [9.17, 15) is 14.0 Å². The zero-order valence-electron chi connectivity index (χ0n) is 9.76. The average molecular weight is 252 g/mol. The van der Waals surface area contributed by atoms with Crippen LogP contribution in [0.2, 0.25) is 0 Å². The zero-order valence-corrected chi connectivity index (χ0v) is 9.76. The van der Waals surface area contributed by atoms with Gasteiger partial charge in [-0.25, -0.2) is 4.98 Å². The lowest BCUT2D eigenvalue weighted by Gasteiger charge is -2.13. The fraction of sp³-hybridized carbons (Fsp3) is 0.417. The summed E-state index contributed by atoms with van der Waals surface area (Å²) in [7, 11) is 0. The summed E-state index contributed by atoms with van der Waals surface area (Å²) in [6, 6.07) is 3.06. The van der Waals surface area contributed by atoms with Gasteiger partial charge in [0.05, 0.1) is 6.61 Å². The van der Waals surface area contributed by atoms with Gasteiger partial charge in [-0.3, -0.25) is 14.5 Å². The van der Waals surface area contributed by atoms with E-state index < -0.39 is 5.95 Å². The SMILES string of the molecule is O=C1CCC(=O)N1CCCOc1cccnc1F. The summed E-state index contributed by atoms with van der Waals surface area (Å²) >= 11 is 0. The van der Waals surface area contributed by atoms with Gasteiger partial charge < -0.3 is 4.74 Å². The summed E-state index contributed by atoms with van der Waals surface area (Å²) in [4.78, 5) is 27.3. The Morgan fingerprint density at radius 1 is 1.33 bits per heavy atom. The average Bonchev–Trinajstić information content (AvgIpc) is 2.67. The maximum absolute atomic E-state index is 13.1. The van der Waals surface area contributed by atoms with Crippen LogP contribution >= 0.6 is 0 Å². The fourth-order valence-corrected chi connectivity index (χ4v) is 1.76. The second-order valence-corrected chi connectivity index (χ2v) is 3.93. The van der Waals surface area contributed by atoms with Crippen molar-refractivity contribution in [3.8, 4) is 5.75 Å². The molecule has 96 valence electrons. The van der Waals surface area contributed by atoms with Gasteiger partial charge in [-0.1, -0.05) is 0 Å². The topological polar surface area (TPSA) is 59.5 Å². The minimum absolute atomic E-state index is 0.0802. The molecular weight excluding hydrogens is 239 g/mol. The standard InChI is InChI=1S/C12H13FN2O3/c13-12-9(3-1-6-14-12)18-8-2-7-15-10(16)4-5-11(15)17/h1,3,6H,2,4-5,7-8H2. The van der Waals surface area contributed by atoms with Crippen molar-refractivity contribution in [3.63, 3.8) is 0 Å². The predicted octanol–water partition coefficient (Wildman–Crippen LogP) is 1.14. The van der Waals surface area contributed by atoms with Crippen LogP contribution in [0.25, 0.3) is 0 Å². The van der Waals surface area contributed by atoms with Crippen LogP contribution in [-0.2, 0) is 9.59 Å². The first kappa shape index (κ1) is 12.5. The number of ether oxygens (including phenoxy) is 1. The van der Waals surface area contributed by atoms with E-state index in [1.54, 1.807) is 6.07 Å². The molecular formula is C12H13FN2O3. The summed E-state index contributed by atoms with van der Waals surface area (Å²) in [5, 5.41) is 0. The van der Waals surface area contributed by atoms with Crippen LogP contribution in [-0.4, -0.2) is 34.8 Å². The predicted molar refractivity (Wildman–Crippen MR) is 60.3 cm³/mol. The van der Waals surface area contributed by atoms with Gasteiger partial charge in [-0.05, 0) is 18.6 Å². The van der Waals surface area contributed by atoms with E-state index in [-0.39, 0.29) is 37.0 Å². The van der Waals surface area contributed by atoms with Crippen LogP contribution in [0.4, 0.5) is 4.39 Å². The van der Waals surface area contributed by atoms with Crippen molar-refractivity contribution in [1.82, 2.24) is 9.88 Å². The largest absolute Gasteiger partial charge is 0.489 e. The molecule has 2 amide bonds. The molecule has 0 saturated carbocycles. The Balaban J connectivity index is 1.75. The normalized spacial score (nSPS) is 15.3. The van der Waals surface area contributed by atoms with Crippen LogP contribution < -0.4 is 4.74 Å². The Bertz CT molecular complexity index is 448. The second kappa shape index (κ2) is 5.57. The number of carbonyl (C=O) groups excluding carboxylic acids is 2. The van der Waals surface area contributed by atoms with Crippen molar-refractivity contribution in [2.75, 3.05) is 13.2 Å². The number of aromatic nitrogens is 1. The van der Waals surface area contributed by atoms with E-state index in [0.717, 1.165) is 0 Å². The molecule has 0 unspecified atom stereocenters. The summed E-state index contributed by atoms with van der Waals surface area (Å²) < 4.78 is 18.3. The first-order valence-electron chi connectivity index (χ1n) is 5.75. The van der Waals surface area contributed by atoms with Gasteiger partial charge in [0, 0.05) is 25.6 Å². The first-order chi connectivity index (χ1) is 8.68. The molecule has 2 rings (SSSR count). The maximum atomic E-state index is 13.1. The van der Waals surface area contributed by atoms with Gasteiger partial charge in [0.15, 0.2) is 5.75 Å². The Morgan fingerprint density at radius 3 is 2.72 bits per heavy atom. The lowest BCUT2D eigenvalue weighted by Crippen LogP contribution is -2.30. The number of hydrogen-bond acceptors (Lipinski definition) is 4. The smallest absolute Gasteiger partial charge is 0.255 e. The highest BCUT2D eigenvalue weighted by Gasteiger charge is 2.27. The van der Waals surface area contributed by atoms with Crippen molar-refractivity contribution < 1.29 is 18.7 Å². The number of amides is 2. The minimum Gasteiger partial charge on any atom is -0.489 e. The minimum atomic E-state index is -0.661.